The Labute approximate surface area is 163 Å². The highest BCUT2D eigenvalue weighted by molar-refractivity contribution is 5.94. The van der Waals surface area contributed by atoms with Crippen LogP contribution >= 0.6 is 0 Å². The van der Waals surface area contributed by atoms with Gasteiger partial charge in [0.25, 0.3) is 11.8 Å². The minimum absolute atomic E-state index is 0.187. The summed E-state index contributed by atoms with van der Waals surface area (Å²) < 4.78 is 0. The van der Waals surface area contributed by atoms with Gasteiger partial charge >= 0.3 is 0 Å². The highest BCUT2D eigenvalue weighted by Gasteiger charge is 2.41. The van der Waals surface area contributed by atoms with Gasteiger partial charge in [-0.25, -0.2) is 9.97 Å². The average molecular weight is 381 g/mol. The molecule has 2 amide bonds. The third-order valence-electron chi connectivity index (χ3n) is 5.56. The molecule has 0 bridgehead atoms. The van der Waals surface area contributed by atoms with E-state index in [-0.39, 0.29) is 30.7 Å². The molecule has 3 heterocycles. The predicted molar refractivity (Wildman–Crippen MR) is 101 cm³/mol. The van der Waals surface area contributed by atoms with Gasteiger partial charge in [0.2, 0.25) is 0 Å². The van der Waals surface area contributed by atoms with Crippen molar-refractivity contribution in [1.29, 1.82) is 0 Å². The summed E-state index contributed by atoms with van der Waals surface area (Å²) in [5.74, 6) is -0.00187. The van der Waals surface area contributed by atoms with Crippen LogP contribution in [0.4, 0.5) is 0 Å². The van der Waals surface area contributed by atoms with Crippen molar-refractivity contribution in [1.82, 2.24) is 25.2 Å². The Morgan fingerprint density at radius 1 is 1.14 bits per heavy atom. The fourth-order valence-electron chi connectivity index (χ4n) is 3.44. The van der Waals surface area contributed by atoms with Crippen LogP contribution in [0.1, 0.15) is 42.5 Å². The standard InChI is InChI=1S/C20H23N5O3/c26-18(15-12-22-17(23-13-15)14-3-2-8-21-11-14)25-9-6-20(28,7-10-25)19(27)24-16-4-1-5-16/h2-3,8,11-13,16,28H,1,4-7,9-10H2,(H,24,27). The predicted octanol–water partition coefficient (Wildman–Crippen LogP) is 1.17. The number of nitrogens with zero attached hydrogens (tertiary/aromatic N) is 4. The molecule has 8 nitrogen and oxygen atoms in total. The van der Waals surface area contributed by atoms with Crippen molar-refractivity contribution in [3.63, 3.8) is 0 Å². The summed E-state index contributed by atoms with van der Waals surface area (Å²) >= 11 is 0. The van der Waals surface area contributed by atoms with Gasteiger partial charge in [-0.15, -0.1) is 0 Å². The summed E-state index contributed by atoms with van der Waals surface area (Å²) in [5, 5.41) is 13.6. The molecule has 2 aliphatic rings. The smallest absolute Gasteiger partial charge is 0.256 e. The maximum absolute atomic E-state index is 12.7. The number of carbonyl (C=O) groups is 2. The Morgan fingerprint density at radius 2 is 1.86 bits per heavy atom. The number of carbonyl (C=O) groups excluding carboxylic acids is 2. The van der Waals surface area contributed by atoms with Gasteiger partial charge in [0.05, 0.1) is 5.56 Å². The molecule has 1 saturated heterocycles. The minimum Gasteiger partial charge on any atom is -0.380 e. The molecule has 0 atom stereocenters. The van der Waals surface area contributed by atoms with Crippen molar-refractivity contribution in [2.45, 2.75) is 43.7 Å². The largest absolute Gasteiger partial charge is 0.380 e. The number of likely N-dealkylation sites (tertiary alicyclic amines) is 1. The van der Waals surface area contributed by atoms with E-state index >= 15 is 0 Å². The Bertz CT molecular complexity index is 844. The summed E-state index contributed by atoms with van der Waals surface area (Å²) in [5.41, 5.74) is -0.230. The molecule has 1 aliphatic heterocycles. The van der Waals surface area contributed by atoms with E-state index in [9.17, 15) is 14.7 Å². The van der Waals surface area contributed by atoms with Crippen LogP contribution in [0.15, 0.2) is 36.9 Å². The first kappa shape index (κ1) is 18.5. The lowest BCUT2D eigenvalue weighted by atomic mass is 9.87. The highest BCUT2D eigenvalue weighted by atomic mass is 16.3. The first-order valence-corrected chi connectivity index (χ1v) is 9.60. The van der Waals surface area contributed by atoms with E-state index in [0.29, 0.717) is 24.5 Å². The van der Waals surface area contributed by atoms with Gasteiger partial charge in [-0.2, -0.15) is 0 Å². The van der Waals surface area contributed by atoms with E-state index in [2.05, 4.69) is 20.3 Å². The Morgan fingerprint density at radius 3 is 2.43 bits per heavy atom. The zero-order chi connectivity index (χ0) is 19.6. The third-order valence-corrected chi connectivity index (χ3v) is 5.56. The van der Waals surface area contributed by atoms with Crippen LogP contribution in [-0.2, 0) is 4.79 Å². The van der Waals surface area contributed by atoms with Crippen molar-refractivity contribution in [3.8, 4) is 11.4 Å². The molecule has 1 saturated carbocycles. The van der Waals surface area contributed by atoms with Crippen LogP contribution in [0.3, 0.4) is 0 Å². The zero-order valence-corrected chi connectivity index (χ0v) is 15.5. The van der Waals surface area contributed by atoms with Crippen molar-refractivity contribution in [2.75, 3.05) is 13.1 Å². The molecule has 0 spiro atoms. The maximum atomic E-state index is 12.7. The molecule has 2 fully saturated rings. The number of hydrogen-bond donors (Lipinski definition) is 2. The molecule has 28 heavy (non-hydrogen) atoms. The van der Waals surface area contributed by atoms with E-state index in [1.165, 1.54) is 12.4 Å². The summed E-state index contributed by atoms with van der Waals surface area (Å²) in [6.07, 6.45) is 9.86. The topological polar surface area (TPSA) is 108 Å². The third kappa shape index (κ3) is 3.73. The van der Waals surface area contributed by atoms with Crippen molar-refractivity contribution >= 4 is 11.8 Å². The van der Waals surface area contributed by atoms with E-state index in [1.807, 2.05) is 6.07 Å². The quantitative estimate of drug-likeness (QED) is 0.823. The molecule has 146 valence electrons. The molecule has 2 N–H and O–H groups in total. The van der Waals surface area contributed by atoms with Gasteiger partial charge in [0.15, 0.2) is 5.82 Å². The summed E-state index contributed by atoms with van der Waals surface area (Å²) in [6, 6.07) is 3.84. The van der Waals surface area contributed by atoms with E-state index in [4.69, 9.17) is 0 Å². The Balaban J connectivity index is 1.36. The van der Waals surface area contributed by atoms with Crippen molar-refractivity contribution in [2.24, 2.45) is 0 Å². The monoisotopic (exact) mass is 381 g/mol. The van der Waals surface area contributed by atoms with Gasteiger partial charge < -0.3 is 15.3 Å². The second-order valence-corrected chi connectivity index (χ2v) is 7.46. The number of pyridine rings is 1. The summed E-state index contributed by atoms with van der Waals surface area (Å²) in [7, 11) is 0. The lowest BCUT2D eigenvalue weighted by Gasteiger charge is -2.38. The molecule has 8 heteroatoms. The highest BCUT2D eigenvalue weighted by Crippen LogP contribution is 2.26. The number of aromatic nitrogens is 3. The Hall–Kier alpha value is -2.87. The number of rotatable bonds is 4. The second-order valence-electron chi connectivity index (χ2n) is 7.46. The Kier molecular flexibility index (Phi) is 5.04. The normalized spacial score (nSPS) is 19.0. The molecular formula is C20H23N5O3. The summed E-state index contributed by atoms with van der Waals surface area (Å²) in [6.45, 7) is 0.634. The van der Waals surface area contributed by atoms with Crippen LogP contribution in [0.2, 0.25) is 0 Å². The number of nitrogens with one attached hydrogen (secondary N) is 1. The van der Waals surface area contributed by atoms with Crippen LogP contribution in [-0.4, -0.2) is 61.5 Å². The van der Waals surface area contributed by atoms with Crippen molar-refractivity contribution in [3.05, 3.63) is 42.5 Å². The maximum Gasteiger partial charge on any atom is 0.256 e. The average Bonchev–Trinajstić information content (AvgIpc) is 2.71. The lowest BCUT2D eigenvalue weighted by Crippen LogP contribution is -2.57. The van der Waals surface area contributed by atoms with Gasteiger partial charge in [0, 0.05) is 62.3 Å². The van der Waals surface area contributed by atoms with Gasteiger partial charge in [-0.05, 0) is 31.4 Å². The molecule has 0 radical (unpaired) electrons. The van der Waals surface area contributed by atoms with E-state index < -0.39 is 5.60 Å². The van der Waals surface area contributed by atoms with E-state index in [1.54, 1.807) is 23.4 Å². The van der Waals surface area contributed by atoms with Crippen LogP contribution in [0, 0.1) is 0 Å². The van der Waals surface area contributed by atoms with Gasteiger partial charge in [-0.3, -0.25) is 14.6 Å². The summed E-state index contributed by atoms with van der Waals surface area (Å²) in [4.78, 5) is 39.2. The molecule has 2 aromatic rings. The van der Waals surface area contributed by atoms with Gasteiger partial charge in [0.1, 0.15) is 5.60 Å². The molecule has 0 unspecified atom stereocenters. The van der Waals surface area contributed by atoms with E-state index in [0.717, 1.165) is 24.8 Å². The molecule has 2 aromatic heterocycles. The van der Waals surface area contributed by atoms with Crippen molar-refractivity contribution < 1.29 is 14.7 Å². The van der Waals surface area contributed by atoms with Crippen LogP contribution in [0.5, 0.6) is 0 Å². The lowest BCUT2D eigenvalue weighted by molar-refractivity contribution is -0.145. The zero-order valence-electron chi connectivity index (χ0n) is 15.5. The number of amides is 2. The number of aliphatic hydroxyl groups is 1. The molecule has 4 rings (SSSR count). The first-order valence-electron chi connectivity index (χ1n) is 9.60. The second kappa shape index (κ2) is 7.63. The van der Waals surface area contributed by atoms with Crippen LogP contribution in [0.25, 0.3) is 11.4 Å². The van der Waals surface area contributed by atoms with Gasteiger partial charge in [-0.1, -0.05) is 0 Å². The fourth-order valence-corrected chi connectivity index (χ4v) is 3.44. The first-order chi connectivity index (χ1) is 13.5. The molecular weight excluding hydrogens is 358 g/mol. The van der Waals surface area contributed by atoms with Crippen LogP contribution < -0.4 is 5.32 Å². The molecule has 0 aromatic carbocycles. The fraction of sp³-hybridized carbons (Fsp3) is 0.450. The minimum atomic E-state index is -1.40. The SMILES string of the molecule is O=C(c1cnc(-c2cccnc2)nc1)N1CCC(O)(C(=O)NC2CCC2)CC1. The number of piperidine rings is 1. The number of hydrogen-bond acceptors (Lipinski definition) is 6. The molecule has 1 aliphatic carbocycles.